The van der Waals surface area contributed by atoms with Gasteiger partial charge in [-0.25, -0.2) is 4.90 Å². The van der Waals surface area contributed by atoms with Crippen molar-refractivity contribution >= 4 is 11.8 Å². The van der Waals surface area contributed by atoms with Gasteiger partial charge in [0.15, 0.2) is 0 Å². The fraction of sp³-hybridized carbons (Fsp3) is 0.576. The fourth-order valence-electron chi connectivity index (χ4n) is 6.74. The lowest BCUT2D eigenvalue weighted by Gasteiger charge is -2.55. The van der Waals surface area contributed by atoms with E-state index in [0.29, 0.717) is 44.5 Å². The van der Waals surface area contributed by atoms with Crippen molar-refractivity contribution in [1.82, 2.24) is 14.7 Å². The Morgan fingerprint density at radius 2 is 1.62 bits per heavy atom. The number of hydrogen-bond acceptors (Lipinski definition) is 7. The van der Waals surface area contributed by atoms with Gasteiger partial charge in [-0.3, -0.25) is 9.59 Å². The maximum absolute atomic E-state index is 14.2. The second kappa shape index (κ2) is 15.1. The van der Waals surface area contributed by atoms with Crippen molar-refractivity contribution < 1.29 is 50.5 Å². The van der Waals surface area contributed by atoms with Gasteiger partial charge in [-0.2, -0.15) is 26.3 Å². The van der Waals surface area contributed by atoms with E-state index in [1.807, 2.05) is 30.3 Å². The van der Waals surface area contributed by atoms with Crippen molar-refractivity contribution in [3.05, 3.63) is 70.8 Å². The number of nitrogens with zero attached hydrogens (tertiary/aromatic N) is 3. The van der Waals surface area contributed by atoms with Gasteiger partial charge in [0, 0.05) is 19.7 Å². The molecule has 2 unspecified atom stereocenters. The zero-order valence-electron chi connectivity index (χ0n) is 26.3. The molecule has 0 aliphatic carbocycles. The molecule has 15 heteroatoms. The van der Waals surface area contributed by atoms with Gasteiger partial charge in [-0.15, -0.1) is 0 Å². The molecule has 0 saturated carbocycles. The molecule has 3 aliphatic heterocycles. The summed E-state index contributed by atoms with van der Waals surface area (Å²) >= 11 is 0. The van der Waals surface area contributed by atoms with Gasteiger partial charge >= 0.3 is 12.4 Å². The molecule has 0 bridgehead atoms. The molecule has 2 aromatic carbocycles. The topological polar surface area (TPSA) is 109 Å². The third-order valence-corrected chi connectivity index (χ3v) is 9.09. The Labute approximate surface area is 274 Å². The number of nitrogens with two attached hydrogens (primary N) is 1. The van der Waals surface area contributed by atoms with Crippen LogP contribution in [0.2, 0.25) is 0 Å². The van der Waals surface area contributed by atoms with Crippen LogP contribution in [0.4, 0.5) is 26.3 Å². The number of amides is 2. The Morgan fingerprint density at radius 3 is 2.23 bits per heavy atom. The molecule has 48 heavy (non-hydrogen) atoms. The van der Waals surface area contributed by atoms with Crippen molar-refractivity contribution in [3.8, 4) is 0 Å². The van der Waals surface area contributed by atoms with Crippen LogP contribution in [0.25, 0.3) is 0 Å². The average molecular weight is 687 g/mol. The molecular weight excluding hydrogens is 646 g/mol. The van der Waals surface area contributed by atoms with Gasteiger partial charge in [0.05, 0.1) is 36.3 Å². The summed E-state index contributed by atoms with van der Waals surface area (Å²) in [6.45, 7) is 0.396. The minimum Gasteiger partial charge on any atom is -0.376 e. The number of alkyl halides is 6. The number of carbonyl (C=O) groups is 2. The first-order chi connectivity index (χ1) is 22.8. The molecule has 2 aromatic rings. The Balaban J connectivity index is 1.45. The highest BCUT2D eigenvalue weighted by Gasteiger charge is 2.52. The molecule has 264 valence electrons. The number of aliphatic hydroxyl groups excluding tert-OH is 1. The van der Waals surface area contributed by atoms with Crippen LogP contribution in [0, 0.1) is 5.92 Å². The molecule has 3 aliphatic rings. The normalized spacial score (nSPS) is 24.7. The molecule has 5 rings (SSSR count). The summed E-state index contributed by atoms with van der Waals surface area (Å²) < 4.78 is 92.2. The molecule has 2 amide bonds. The van der Waals surface area contributed by atoms with Crippen LogP contribution < -0.4 is 5.73 Å². The van der Waals surface area contributed by atoms with Gasteiger partial charge in [-0.1, -0.05) is 30.3 Å². The van der Waals surface area contributed by atoms with Gasteiger partial charge in [0.25, 0.3) is 0 Å². The summed E-state index contributed by atoms with van der Waals surface area (Å²) in [5.41, 5.74) is 3.10. The molecule has 0 radical (unpaired) electrons. The second-order valence-corrected chi connectivity index (χ2v) is 12.5. The molecule has 3 fully saturated rings. The number of rotatable bonds is 12. The number of ether oxygens (including phenoxy) is 2. The first-order valence-corrected chi connectivity index (χ1v) is 16.1. The number of aliphatic hydroxyl groups is 1. The van der Waals surface area contributed by atoms with E-state index in [1.165, 1.54) is 9.80 Å². The quantitative estimate of drug-likeness (QED) is 0.194. The third kappa shape index (κ3) is 8.48. The van der Waals surface area contributed by atoms with Crippen LogP contribution in [0.5, 0.6) is 0 Å². The Hall–Kier alpha value is -3.24. The van der Waals surface area contributed by atoms with E-state index in [4.69, 9.17) is 15.2 Å². The van der Waals surface area contributed by atoms with Crippen LogP contribution in [0.1, 0.15) is 54.4 Å². The van der Waals surface area contributed by atoms with E-state index in [0.717, 1.165) is 18.4 Å². The monoisotopic (exact) mass is 686 g/mol. The Morgan fingerprint density at radius 1 is 0.938 bits per heavy atom. The van der Waals surface area contributed by atoms with Crippen LogP contribution in [-0.4, -0.2) is 89.1 Å². The zero-order chi connectivity index (χ0) is 34.6. The van der Waals surface area contributed by atoms with E-state index < -0.39 is 60.2 Å². The van der Waals surface area contributed by atoms with Crippen LogP contribution in [0.3, 0.4) is 0 Å². The molecule has 0 spiro atoms. The second-order valence-electron chi connectivity index (χ2n) is 12.5. The van der Waals surface area contributed by atoms with Crippen LogP contribution in [0.15, 0.2) is 48.5 Å². The van der Waals surface area contributed by atoms with Gasteiger partial charge in [0.1, 0.15) is 12.2 Å². The van der Waals surface area contributed by atoms with E-state index >= 15 is 0 Å². The summed E-state index contributed by atoms with van der Waals surface area (Å²) in [5.74, 6) is -1.28. The first-order valence-electron chi connectivity index (χ1n) is 16.1. The molecule has 5 atom stereocenters. The standard InChI is InChI=1S/C33H40F6N4O5/c34-32(35,36)24-14-22(15-25(16-24)33(37,38)39)20-48-31(46)42-17-23(13-21-7-2-1-3-8-21)29(44)43-27(10-4-5-11-40)30(45)41(19-28(42)43)18-26-9-6-12-47-26/h1-3,7-8,14-16,23,26-28,31,46H,4-6,9-13,17-20,40H2/t23-,26?,27-,28+,31?/m0/s1. The highest BCUT2D eigenvalue weighted by molar-refractivity contribution is 5.90. The maximum atomic E-state index is 14.2. The van der Waals surface area contributed by atoms with Crippen molar-refractivity contribution in [2.75, 3.05) is 32.8 Å². The summed E-state index contributed by atoms with van der Waals surface area (Å²) in [6, 6.07) is 9.36. The summed E-state index contributed by atoms with van der Waals surface area (Å²) in [5, 5.41) is 11.4. The highest BCUT2D eigenvalue weighted by atomic mass is 19.4. The van der Waals surface area contributed by atoms with Crippen molar-refractivity contribution in [2.24, 2.45) is 11.7 Å². The molecule has 3 saturated heterocycles. The smallest absolute Gasteiger partial charge is 0.376 e. The average Bonchev–Trinajstić information content (AvgIpc) is 3.55. The van der Waals surface area contributed by atoms with E-state index in [9.17, 15) is 41.0 Å². The van der Waals surface area contributed by atoms with E-state index in [1.54, 1.807) is 4.90 Å². The van der Waals surface area contributed by atoms with E-state index in [-0.39, 0.29) is 50.0 Å². The van der Waals surface area contributed by atoms with Gasteiger partial charge < -0.3 is 30.1 Å². The number of unbranched alkanes of at least 4 members (excludes halogenated alkanes) is 1. The predicted molar refractivity (Wildman–Crippen MR) is 160 cm³/mol. The number of benzene rings is 2. The number of carbonyl (C=O) groups excluding carboxylic acids is 2. The largest absolute Gasteiger partial charge is 0.416 e. The lowest BCUT2D eigenvalue weighted by Crippen LogP contribution is -2.74. The maximum Gasteiger partial charge on any atom is 0.416 e. The first kappa shape index (κ1) is 36.1. The summed E-state index contributed by atoms with van der Waals surface area (Å²) in [6.07, 6.45) is -9.69. The molecular formula is C33H40F6N4O5. The Bertz CT molecular complexity index is 1370. The lowest BCUT2D eigenvalue weighted by atomic mass is 9.90. The molecule has 0 aromatic heterocycles. The number of fused-ring (bicyclic) bond motifs is 1. The Kier molecular flexibility index (Phi) is 11.4. The van der Waals surface area contributed by atoms with Gasteiger partial charge in [0.2, 0.25) is 18.2 Å². The number of hydrogen-bond donors (Lipinski definition) is 2. The lowest BCUT2D eigenvalue weighted by molar-refractivity contribution is -0.250. The fourth-order valence-corrected chi connectivity index (χ4v) is 6.74. The zero-order valence-corrected chi connectivity index (χ0v) is 26.3. The van der Waals surface area contributed by atoms with Crippen LogP contribution >= 0.6 is 0 Å². The third-order valence-electron chi connectivity index (χ3n) is 9.09. The van der Waals surface area contributed by atoms with Crippen molar-refractivity contribution in [3.63, 3.8) is 0 Å². The highest BCUT2D eigenvalue weighted by Crippen LogP contribution is 2.37. The minimum absolute atomic E-state index is 0.00190. The number of halogens is 6. The molecule has 9 nitrogen and oxygen atoms in total. The molecule has 3 N–H and O–H groups in total. The SMILES string of the molecule is NCCCC[C@H]1C(=O)N(CC2CCCO2)C[C@@H]2N(C(O)OCc3cc(C(F)(F)F)cc(C(F)(F)F)c3)C[C@H](Cc3ccccc3)C(=O)N21. The van der Waals surface area contributed by atoms with Crippen LogP contribution in [-0.2, 0) is 44.4 Å². The minimum atomic E-state index is -5.05. The summed E-state index contributed by atoms with van der Waals surface area (Å²) in [7, 11) is 0. The summed E-state index contributed by atoms with van der Waals surface area (Å²) in [4.78, 5) is 32.6. The van der Waals surface area contributed by atoms with Gasteiger partial charge in [-0.05, 0) is 74.4 Å². The number of piperazine rings is 1. The van der Waals surface area contributed by atoms with Crippen molar-refractivity contribution in [1.29, 1.82) is 0 Å². The predicted octanol–water partition coefficient (Wildman–Crippen LogP) is 4.36. The van der Waals surface area contributed by atoms with E-state index in [2.05, 4.69) is 0 Å². The van der Waals surface area contributed by atoms with Crippen molar-refractivity contribution in [2.45, 2.75) is 82.2 Å². The molecule has 3 heterocycles.